The van der Waals surface area contributed by atoms with Gasteiger partial charge in [-0.2, -0.15) is 10.1 Å². The van der Waals surface area contributed by atoms with E-state index >= 15 is 0 Å². The lowest BCUT2D eigenvalue weighted by Gasteiger charge is -2.26. The first-order valence-corrected chi connectivity index (χ1v) is 7.32. The standard InChI is InChI=1S/C15H28N2O2/c1-12(10-15(2,3)4)16-17(14(18)19)11-13-8-6-5-7-9-13/h13H,5-11H2,1-4H3,(H,18,19). The van der Waals surface area contributed by atoms with Crippen LogP contribution in [0.25, 0.3) is 0 Å². The van der Waals surface area contributed by atoms with Gasteiger partial charge in [0.05, 0.1) is 6.54 Å². The van der Waals surface area contributed by atoms with E-state index in [9.17, 15) is 9.90 Å². The van der Waals surface area contributed by atoms with Crippen molar-refractivity contribution in [3.05, 3.63) is 0 Å². The third-order valence-electron chi connectivity index (χ3n) is 3.45. The Morgan fingerprint density at radius 1 is 1.26 bits per heavy atom. The van der Waals surface area contributed by atoms with E-state index in [1.807, 2.05) is 6.92 Å². The minimum Gasteiger partial charge on any atom is -0.464 e. The summed E-state index contributed by atoms with van der Waals surface area (Å²) < 4.78 is 0. The largest absolute Gasteiger partial charge is 0.464 e. The Labute approximate surface area is 116 Å². The van der Waals surface area contributed by atoms with Gasteiger partial charge in [-0.05, 0) is 37.5 Å². The van der Waals surface area contributed by atoms with Crippen LogP contribution >= 0.6 is 0 Å². The van der Waals surface area contributed by atoms with Crippen LogP contribution in [-0.4, -0.2) is 28.5 Å². The number of hydrogen-bond donors (Lipinski definition) is 1. The van der Waals surface area contributed by atoms with E-state index in [1.54, 1.807) is 0 Å². The average molecular weight is 268 g/mol. The molecule has 0 bridgehead atoms. The number of hydrogen-bond acceptors (Lipinski definition) is 2. The monoisotopic (exact) mass is 268 g/mol. The lowest BCUT2D eigenvalue weighted by Crippen LogP contribution is -2.32. The molecule has 1 N–H and O–H groups in total. The molecule has 0 atom stereocenters. The zero-order chi connectivity index (χ0) is 14.5. The van der Waals surface area contributed by atoms with Crippen molar-refractivity contribution in [1.82, 2.24) is 5.01 Å². The second-order valence-corrected chi connectivity index (χ2v) is 6.94. The summed E-state index contributed by atoms with van der Waals surface area (Å²) in [6, 6.07) is 0. The molecule has 4 heteroatoms. The van der Waals surface area contributed by atoms with Crippen molar-refractivity contribution in [2.24, 2.45) is 16.4 Å². The van der Waals surface area contributed by atoms with Gasteiger partial charge in [0.25, 0.3) is 0 Å². The molecule has 1 fully saturated rings. The molecule has 1 rings (SSSR count). The molecule has 19 heavy (non-hydrogen) atoms. The van der Waals surface area contributed by atoms with Gasteiger partial charge in [0.1, 0.15) is 0 Å². The Balaban J connectivity index is 2.61. The van der Waals surface area contributed by atoms with Crippen LogP contribution in [0.1, 0.15) is 66.2 Å². The topological polar surface area (TPSA) is 52.9 Å². The van der Waals surface area contributed by atoms with E-state index in [1.165, 1.54) is 24.3 Å². The summed E-state index contributed by atoms with van der Waals surface area (Å²) in [7, 11) is 0. The molecule has 1 aliphatic carbocycles. The SMILES string of the molecule is CC(CC(C)(C)C)=NN(CC1CCCCC1)C(=O)O. The van der Waals surface area contributed by atoms with Gasteiger partial charge in [-0.3, -0.25) is 0 Å². The maximum absolute atomic E-state index is 11.3. The molecular weight excluding hydrogens is 240 g/mol. The molecule has 0 aromatic carbocycles. The smallest absolute Gasteiger partial charge is 0.427 e. The highest BCUT2D eigenvalue weighted by molar-refractivity contribution is 5.83. The highest BCUT2D eigenvalue weighted by Crippen LogP contribution is 2.25. The van der Waals surface area contributed by atoms with Crippen LogP contribution in [0.15, 0.2) is 5.10 Å². The van der Waals surface area contributed by atoms with Gasteiger partial charge in [-0.25, -0.2) is 4.79 Å². The third kappa shape index (κ3) is 6.60. The second kappa shape index (κ2) is 6.92. The molecule has 0 aromatic rings. The Kier molecular flexibility index (Phi) is 5.83. The maximum atomic E-state index is 11.3. The number of carbonyl (C=O) groups is 1. The van der Waals surface area contributed by atoms with Gasteiger partial charge in [0.2, 0.25) is 0 Å². The van der Waals surface area contributed by atoms with E-state index in [4.69, 9.17) is 0 Å². The molecule has 0 aliphatic heterocycles. The Hall–Kier alpha value is -1.06. The molecule has 0 heterocycles. The van der Waals surface area contributed by atoms with Crippen LogP contribution < -0.4 is 0 Å². The van der Waals surface area contributed by atoms with Crippen molar-refractivity contribution in [1.29, 1.82) is 0 Å². The Bertz CT molecular complexity index is 326. The summed E-state index contributed by atoms with van der Waals surface area (Å²) >= 11 is 0. The molecule has 0 unspecified atom stereocenters. The molecule has 110 valence electrons. The van der Waals surface area contributed by atoms with Crippen molar-refractivity contribution in [3.63, 3.8) is 0 Å². The van der Waals surface area contributed by atoms with Crippen molar-refractivity contribution in [3.8, 4) is 0 Å². The molecule has 0 aromatic heterocycles. The highest BCUT2D eigenvalue weighted by Gasteiger charge is 2.21. The fraction of sp³-hybridized carbons (Fsp3) is 0.867. The first-order chi connectivity index (χ1) is 8.78. The van der Waals surface area contributed by atoms with Crippen molar-refractivity contribution >= 4 is 11.8 Å². The number of nitrogens with zero attached hydrogens (tertiary/aromatic N) is 2. The molecule has 0 spiro atoms. The maximum Gasteiger partial charge on any atom is 0.427 e. The highest BCUT2D eigenvalue weighted by atomic mass is 16.4. The van der Waals surface area contributed by atoms with E-state index < -0.39 is 6.09 Å². The van der Waals surface area contributed by atoms with Gasteiger partial charge < -0.3 is 5.11 Å². The molecule has 1 saturated carbocycles. The zero-order valence-electron chi connectivity index (χ0n) is 12.8. The summed E-state index contributed by atoms with van der Waals surface area (Å²) in [5.41, 5.74) is 1.04. The van der Waals surface area contributed by atoms with Crippen molar-refractivity contribution < 1.29 is 9.90 Å². The third-order valence-corrected chi connectivity index (χ3v) is 3.45. The first-order valence-electron chi connectivity index (χ1n) is 7.32. The minimum atomic E-state index is -0.932. The van der Waals surface area contributed by atoms with Gasteiger partial charge >= 0.3 is 6.09 Å². The summed E-state index contributed by atoms with van der Waals surface area (Å²) in [5.74, 6) is 0.482. The Morgan fingerprint density at radius 2 is 1.84 bits per heavy atom. The summed E-state index contributed by atoms with van der Waals surface area (Å²) in [4.78, 5) is 11.3. The predicted octanol–water partition coefficient (Wildman–Crippen LogP) is 4.36. The first kappa shape index (κ1) is 16.0. The van der Waals surface area contributed by atoms with Gasteiger partial charge in [-0.15, -0.1) is 0 Å². The van der Waals surface area contributed by atoms with E-state index in [0.717, 1.165) is 25.0 Å². The fourth-order valence-corrected chi connectivity index (χ4v) is 2.78. The van der Waals surface area contributed by atoms with Crippen LogP contribution in [-0.2, 0) is 0 Å². The van der Waals surface area contributed by atoms with Crippen LogP contribution in [0.5, 0.6) is 0 Å². The molecule has 4 nitrogen and oxygen atoms in total. The average Bonchev–Trinajstić information content (AvgIpc) is 2.26. The Morgan fingerprint density at radius 3 is 2.32 bits per heavy atom. The quantitative estimate of drug-likeness (QED) is 0.608. The van der Waals surface area contributed by atoms with Crippen molar-refractivity contribution in [2.75, 3.05) is 6.54 Å². The predicted molar refractivity (Wildman–Crippen MR) is 78.5 cm³/mol. The second-order valence-electron chi connectivity index (χ2n) is 6.94. The van der Waals surface area contributed by atoms with Gasteiger partial charge in [0, 0.05) is 5.71 Å². The lowest BCUT2D eigenvalue weighted by atomic mass is 9.89. The molecule has 1 aliphatic rings. The lowest BCUT2D eigenvalue weighted by molar-refractivity contribution is 0.132. The molecule has 1 amide bonds. The summed E-state index contributed by atoms with van der Waals surface area (Å²) in [6.07, 6.45) is 5.90. The fourth-order valence-electron chi connectivity index (χ4n) is 2.78. The summed E-state index contributed by atoms with van der Waals surface area (Å²) in [5, 5.41) is 14.8. The minimum absolute atomic E-state index is 0.141. The number of amides is 1. The van der Waals surface area contributed by atoms with Crippen LogP contribution in [0.3, 0.4) is 0 Å². The van der Waals surface area contributed by atoms with Gasteiger partial charge in [-0.1, -0.05) is 40.0 Å². The number of carboxylic acid groups (broad SMARTS) is 1. The molecule has 0 saturated heterocycles. The van der Waals surface area contributed by atoms with Gasteiger partial charge in [0.15, 0.2) is 0 Å². The van der Waals surface area contributed by atoms with Crippen LogP contribution in [0, 0.1) is 11.3 Å². The van der Waals surface area contributed by atoms with Crippen LogP contribution in [0.4, 0.5) is 4.79 Å². The number of hydrazone groups is 1. The van der Waals surface area contributed by atoms with Crippen LogP contribution in [0.2, 0.25) is 0 Å². The normalized spacial score (nSPS) is 18.4. The zero-order valence-corrected chi connectivity index (χ0v) is 12.8. The van der Waals surface area contributed by atoms with E-state index in [0.29, 0.717) is 12.5 Å². The number of rotatable bonds is 4. The van der Waals surface area contributed by atoms with E-state index in [-0.39, 0.29) is 5.41 Å². The van der Waals surface area contributed by atoms with E-state index in [2.05, 4.69) is 25.9 Å². The van der Waals surface area contributed by atoms with Crippen molar-refractivity contribution in [2.45, 2.75) is 66.2 Å². The molecule has 0 radical (unpaired) electrons. The summed E-state index contributed by atoms with van der Waals surface area (Å²) in [6.45, 7) is 8.88. The molecular formula is C15H28N2O2.